The molecule has 0 heterocycles. The lowest BCUT2D eigenvalue weighted by molar-refractivity contribution is -0.165. The van der Waals surface area contributed by atoms with E-state index < -0.39 is 68.3 Å². The molecule has 0 radical (unpaired) electrons. The zero-order valence-electron chi connectivity index (χ0n) is 49.7. The van der Waals surface area contributed by atoms with Gasteiger partial charge in [0.1, 0.15) is 23.0 Å². The third kappa shape index (κ3) is 27.5. The highest BCUT2D eigenvalue weighted by Gasteiger charge is 2.21. The first-order valence-corrected chi connectivity index (χ1v) is 31.2. The molecule has 0 bridgehead atoms. The maximum Gasteiger partial charge on any atom is 0.346 e. The number of ether oxygens (including phenoxy) is 13. The number of carboxylic acids is 1. The van der Waals surface area contributed by atoms with Crippen LogP contribution in [0, 0.1) is 0 Å². The second-order valence-electron chi connectivity index (χ2n) is 18.1. The highest BCUT2D eigenvalue weighted by atomic mass is 35.5. The van der Waals surface area contributed by atoms with Crippen LogP contribution in [0.4, 0.5) is 0 Å². The van der Waals surface area contributed by atoms with E-state index in [0.717, 1.165) is 0 Å². The minimum atomic E-state index is -1.11. The predicted molar refractivity (Wildman–Crippen MR) is 364 cm³/mol. The smallest absolute Gasteiger partial charge is 0.346 e. The lowest BCUT2D eigenvalue weighted by Crippen LogP contribution is -2.28. The average molecular weight is 1560 g/mol. The van der Waals surface area contributed by atoms with Gasteiger partial charge in [0.05, 0.1) is 41.4 Å². The highest BCUT2D eigenvalue weighted by Crippen LogP contribution is 2.42. The van der Waals surface area contributed by atoms with Gasteiger partial charge in [0.15, 0.2) is 85.1 Å². The van der Waals surface area contributed by atoms with Gasteiger partial charge in [-0.25, -0.2) is 28.8 Å². The number of rotatable bonds is 24. The molecule has 0 aliphatic carbocycles. The van der Waals surface area contributed by atoms with E-state index in [-0.39, 0.29) is 35.4 Å². The molecule has 8 aromatic carbocycles. The molecule has 0 aliphatic rings. The lowest BCUT2D eigenvalue weighted by atomic mass is 10.3. The van der Waals surface area contributed by atoms with Crippen molar-refractivity contribution in [1.82, 2.24) is 0 Å². The van der Waals surface area contributed by atoms with Crippen LogP contribution in [-0.2, 0) is 52.5 Å². The van der Waals surface area contributed by atoms with E-state index in [1.165, 1.54) is 70.7 Å². The van der Waals surface area contributed by atoms with E-state index in [9.17, 15) is 28.8 Å². The molecular weight excluding hydrogens is 1510 g/mol. The molecular formula is C64H48Cl12O20. The van der Waals surface area contributed by atoms with Gasteiger partial charge in [0, 0.05) is 64.4 Å². The van der Waals surface area contributed by atoms with Crippen LogP contribution in [0.3, 0.4) is 0 Å². The summed E-state index contributed by atoms with van der Waals surface area (Å²) in [5, 5.41) is 13.4. The summed E-state index contributed by atoms with van der Waals surface area (Å²) < 4.78 is 67.0. The van der Waals surface area contributed by atoms with Gasteiger partial charge in [0.25, 0.3) is 0 Å². The topological polar surface area (TPSA) is 243 Å². The molecule has 32 heteroatoms. The van der Waals surface area contributed by atoms with Gasteiger partial charge in [-0.05, 0) is 128 Å². The van der Waals surface area contributed by atoms with Crippen LogP contribution in [0.25, 0.3) is 0 Å². The maximum absolute atomic E-state index is 11.8. The number of benzene rings is 8. The monoisotopic (exact) mass is 1560 g/mol. The predicted octanol–water partition coefficient (Wildman–Crippen LogP) is 19.4. The summed E-state index contributed by atoms with van der Waals surface area (Å²) in [5.74, 6) is -0.953. The zero-order valence-corrected chi connectivity index (χ0v) is 58.8. The van der Waals surface area contributed by atoms with E-state index in [0.29, 0.717) is 101 Å². The van der Waals surface area contributed by atoms with Crippen LogP contribution in [0.2, 0.25) is 60.3 Å². The van der Waals surface area contributed by atoms with E-state index in [1.54, 1.807) is 103 Å². The molecule has 1 atom stereocenters. The Morgan fingerprint density at radius 3 is 0.833 bits per heavy atom. The Bertz CT molecular complexity index is 4030. The van der Waals surface area contributed by atoms with Crippen LogP contribution in [0.15, 0.2) is 146 Å². The van der Waals surface area contributed by atoms with Crippen molar-refractivity contribution in [2.75, 3.05) is 54.4 Å². The molecule has 0 fully saturated rings. The summed E-state index contributed by atoms with van der Waals surface area (Å²) in [6.45, 7) is -0.806. The maximum atomic E-state index is 11.8. The summed E-state index contributed by atoms with van der Waals surface area (Å²) in [7, 11) is 3.65. The van der Waals surface area contributed by atoms with E-state index in [1.807, 2.05) is 0 Å². The van der Waals surface area contributed by atoms with Crippen molar-refractivity contribution < 1.29 is 95.5 Å². The molecule has 1 N–H and O–H groups in total. The fourth-order valence-corrected chi connectivity index (χ4v) is 9.15. The molecule has 0 amide bonds. The fourth-order valence-electron chi connectivity index (χ4n) is 6.72. The number of hydrogen-bond donors (Lipinski definition) is 1. The first-order valence-electron chi connectivity index (χ1n) is 26.6. The second kappa shape index (κ2) is 40.2. The standard InChI is InChI=1S/C18H15Cl3O6.C17H13Cl3O6.C15H11Cl3O4.C14H9Cl3O4/c1-10(18(23)24-2)26-17(22)9-25-16-8-12(20)4-6-15(16)27-14-5-3-11(19)7-13(14)21;1-23-16(21)8-25-17(22)9-24-15-7-11(19)3-5-14(15)26-13-4-2-10(18)6-12(13)20;1-20-15(19)8-21-14-7-10(17)3-5-13(14)22-12-4-2-9(16)6-11(12)18;15-8-1-3-11(10(17)5-8)21-12-4-2-9(16)6-13(12)20-7-14(18)19/h3-8,10H,9H2,1-2H3;2-7H,8-9H2,1H3;2-7H,8H2,1H3;1-6H,7H2,(H,18,19). The van der Waals surface area contributed by atoms with E-state index >= 15 is 0 Å². The van der Waals surface area contributed by atoms with Crippen LogP contribution in [0.5, 0.6) is 69.0 Å². The summed E-state index contributed by atoms with van der Waals surface area (Å²) in [5.41, 5.74) is 0. The van der Waals surface area contributed by atoms with Gasteiger partial charge < -0.3 is 66.7 Å². The van der Waals surface area contributed by atoms with Crippen LogP contribution >= 0.6 is 139 Å². The number of carboxylic acid groups (broad SMARTS) is 1. The van der Waals surface area contributed by atoms with Crippen LogP contribution in [-0.4, -0.2) is 101 Å². The van der Waals surface area contributed by atoms with Crippen molar-refractivity contribution in [2.24, 2.45) is 0 Å². The summed E-state index contributed by atoms with van der Waals surface area (Å²) in [6, 6.07) is 37.7. The molecule has 0 saturated carbocycles. The minimum Gasteiger partial charge on any atom is -0.479 e. The van der Waals surface area contributed by atoms with Crippen molar-refractivity contribution in [3.63, 3.8) is 0 Å². The quantitative estimate of drug-likeness (QED) is 0.0436. The lowest BCUT2D eigenvalue weighted by Gasteiger charge is -2.15. The van der Waals surface area contributed by atoms with Crippen LogP contribution in [0.1, 0.15) is 6.92 Å². The van der Waals surface area contributed by atoms with Crippen molar-refractivity contribution in [3.8, 4) is 69.0 Å². The Morgan fingerprint density at radius 2 is 0.562 bits per heavy atom. The van der Waals surface area contributed by atoms with Gasteiger partial charge in [-0.15, -0.1) is 0 Å². The molecule has 0 aromatic heterocycles. The molecule has 20 nitrogen and oxygen atoms in total. The van der Waals surface area contributed by atoms with E-state index in [4.69, 9.17) is 187 Å². The number of hydrogen-bond acceptors (Lipinski definition) is 19. The Morgan fingerprint density at radius 1 is 0.312 bits per heavy atom. The average Bonchev–Trinajstić information content (AvgIpc) is 0.890. The van der Waals surface area contributed by atoms with Crippen molar-refractivity contribution in [3.05, 3.63) is 206 Å². The van der Waals surface area contributed by atoms with Crippen molar-refractivity contribution >= 4 is 175 Å². The zero-order chi connectivity index (χ0) is 70.6. The molecule has 0 saturated heterocycles. The first kappa shape index (κ1) is 79.2. The highest BCUT2D eigenvalue weighted by molar-refractivity contribution is 6.37. The molecule has 0 aliphatic heterocycles. The second-order valence-corrected chi connectivity index (χ2v) is 23.2. The van der Waals surface area contributed by atoms with Gasteiger partial charge in [0.2, 0.25) is 0 Å². The molecule has 96 heavy (non-hydrogen) atoms. The summed E-state index contributed by atoms with van der Waals surface area (Å²) in [6.07, 6.45) is -1.05. The Hall–Kier alpha value is -7.54. The Labute approximate surface area is 608 Å². The largest absolute Gasteiger partial charge is 0.479 e. The van der Waals surface area contributed by atoms with Gasteiger partial charge in [-0.1, -0.05) is 139 Å². The molecule has 508 valence electrons. The SMILES string of the molecule is COC(=O)C(C)OC(=O)COc1cc(Cl)ccc1Oc1ccc(Cl)cc1Cl.COC(=O)COC(=O)COc1cc(Cl)ccc1Oc1ccc(Cl)cc1Cl.COC(=O)COc1cc(Cl)ccc1Oc1ccc(Cl)cc1Cl.O=C(O)COc1cc(Cl)ccc1Oc1ccc(Cl)cc1Cl. The third-order valence-electron chi connectivity index (χ3n) is 11.1. The van der Waals surface area contributed by atoms with Gasteiger partial charge in [-0.3, -0.25) is 0 Å². The van der Waals surface area contributed by atoms with Gasteiger partial charge in [-0.2, -0.15) is 0 Å². The molecule has 8 rings (SSSR count). The van der Waals surface area contributed by atoms with Crippen LogP contribution < -0.4 is 37.9 Å². The van der Waals surface area contributed by atoms with Crippen molar-refractivity contribution in [1.29, 1.82) is 0 Å². The Balaban J connectivity index is 0.000000233. The van der Waals surface area contributed by atoms with Gasteiger partial charge >= 0.3 is 35.8 Å². The summed E-state index contributed by atoms with van der Waals surface area (Å²) >= 11 is 71.3. The fraction of sp³-hybridized carbons (Fsp3) is 0.156. The number of carbonyl (C=O) groups is 6. The number of aliphatic carboxylic acids is 1. The third-order valence-corrected chi connectivity index (χ3v) is 14.2. The number of methoxy groups -OCH3 is 3. The molecule has 8 aromatic rings. The number of halogens is 12. The Kier molecular flexibility index (Phi) is 33.2. The molecule has 0 spiro atoms. The van der Waals surface area contributed by atoms with E-state index in [2.05, 4.69) is 18.9 Å². The normalized spacial score (nSPS) is 10.5. The molecule has 1 unspecified atom stereocenters. The first-order chi connectivity index (χ1) is 45.6. The number of carbonyl (C=O) groups excluding carboxylic acids is 5. The summed E-state index contributed by atoms with van der Waals surface area (Å²) in [4.78, 5) is 67.4. The minimum absolute atomic E-state index is 0.191. The number of esters is 5. The van der Waals surface area contributed by atoms with Crippen molar-refractivity contribution in [2.45, 2.75) is 13.0 Å².